The molecule has 1 fully saturated rings. The maximum absolute atomic E-state index is 13.1. The minimum Gasteiger partial charge on any atom is -0.380 e. The van der Waals surface area contributed by atoms with E-state index < -0.39 is 0 Å². The number of carbonyl (C=O) groups excluding carboxylic acids is 2. The maximum atomic E-state index is 13.1. The molecular formula is C21H23Cl2N3O2. The van der Waals surface area contributed by atoms with E-state index in [1.165, 1.54) is 6.07 Å². The highest BCUT2D eigenvalue weighted by Crippen LogP contribution is 2.32. The Morgan fingerprint density at radius 1 is 1.18 bits per heavy atom. The first-order valence-corrected chi connectivity index (χ1v) is 10.1. The van der Waals surface area contributed by atoms with Crippen molar-refractivity contribution in [2.75, 3.05) is 23.7 Å². The lowest BCUT2D eigenvalue weighted by Gasteiger charge is -2.20. The van der Waals surface area contributed by atoms with Crippen LogP contribution in [0.4, 0.5) is 11.4 Å². The van der Waals surface area contributed by atoms with Crippen molar-refractivity contribution in [3.63, 3.8) is 0 Å². The normalized spacial score (nSPS) is 16.1. The summed E-state index contributed by atoms with van der Waals surface area (Å²) < 4.78 is 0. The number of anilines is 2. The van der Waals surface area contributed by atoms with E-state index >= 15 is 0 Å². The number of nitrogens with one attached hydrogen (secondary N) is 2. The number of nitrogens with zero attached hydrogens (tertiary/aromatic N) is 1. The van der Waals surface area contributed by atoms with Crippen molar-refractivity contribution >= 4 is 46.4 Å². The predicted molar refractivity (Wildman–Crippen MR) is 114 cm³/mol. The third-order valence-electron chi connectivity index (χ3n) is 4.65. The van der Waals surface area contributed by atoms with E-state index in [1.807, 2.05) is 37.3 Å². The number of benzene rings is 2. The Morgan fingerprint density at radius 3 is 2.64 bits per heavy atom. The van der Waals surface area contributed by atoms with Gasteiger partial charge in [0.15, 0.2) is 0 Å². The zero-order valence-corrected chi connectivity index (χ0v) is 17.2. The van der Waals surface area contributed by atoms with Gasteiger partial charge in [0, 0.05) is 36.3 Å². The van der Waals surface area contributed by atoms with Crippen LogP contribution in [0.2, 0.25) is 10.0 Å². The molecule has 5 nitrogen and oxygen atoms in total. The van der Waals surface area contributed by atoms with Crippen LogP contribution in [0.3, 0.4) is 0 Å². The molecule has 2 amide bonds. The van der Waals surface area contributed by atoms with Gasteiger partial charge in [-0.3, -0.25) is 9.59 Å². The highest BCUT2D eigenvalue weighted by molar-refractivity contribution is 6.38. The fraction of sp³-hybridized carbons (Fsp3) is 0.333. The lowest BCUT2D eigenvalue weighted by molar-refractivity contribution is -0.116. The highest BCUT2D eigenvalue weighted by Gasteiger charge is 2.29. The van der Waals surface area contributed by atoms with Crippen molar-refractivity contribution < 1.29 is 9.59 Å². The average molecular weight is 420 g/mol. The molecule has 1 aliphatic rings. The van der Waals surface area contributed by atoms with Crippen LogP contribution in [0.15, 0.2) is 42.5 Å². The minimum atomic E-state index is -0.187. The largest absolute Gasteiger partial charge is 0.380 e. The summed E-state index contributed by atoms with van der Waals surface area (Å²) in [6.45, 7) is 3.11. The molecule has 0 radical (unpaired) electrons. The first-order chi connectivity index (χ1) is 13.5. The van der Waals surface area contributed by atoms with Crippen LogP contribution in [-0.2, 0) is 4.79 Å². The number of halogens is 2. The van der Waals surface area contributed by atoms with Crippen molar-refractivity contribution in [2.45, 2.75) is 32.2 Å². The minimum absolute atomic E-state index is 0.166. The monoisotopic (exact) mass is 419 g/mol. The Labute approximate surface area is 175 Å². The molecular weight excluding hydrogens is 397 g/mol. The molecule has 1 saturated heterocycles. The molecule has 0 bridgehead atoms. The van der Waals surface area contributed by atoms with Gasteiger partial charge in [-0.05, 0) is 37.1 Å². The van der Waals surface area contributed by atoms with Crippen molar-refractivity contribution in [1.82, 2.24) is 4.90 Å². The number of likely N-dealkylation sites (tertiary alicyclic amines) is 1. The van der Waals surface area contributed by atoms with Crippen LogP contribution in [0.25, 0.3) is 0 Å². The second-order valence-electron chi connectivity index (χ2n) is 6.86. The molecule has 3 rings (SSSR count). The van der Waals surface area contributed by atoms with Crippen molar-refractivity contribution in [2.24, 2.45) is 0 Å². The Balaban J connectivity index is 1.75. The summed E-state index contributed by atoms with van der Waals surface area (Å²) in [5.74, 6) is -0.362. The summed E-state index contributed by atoms with van der Waals surface area (Å²) in [5.41, 5.74) is 1.68. The predicted octanol–water partition coefficient (Wildman–Crippen LogP) is 5.06. The number of hydrogen-bond acceptors (Lipinski definition) is 3. The van der Waals surface area contributed by atoms with Crippen LogP contribution in [0, 0.1) is 0 Å². The van der Waals surface area contributed by atoms with Crippen molar-refractivity contribution in [3.05, 3.63) is 58.1 Å². The molecule has 0 spiro atoms. The molecule has 2 aromatic carbocycles. The maximum Gasteiger partial charge on any atom is 0.256 e. The lowest BCUT2D eigenvalue weighted by Crippen LogP contribution is -2.32. The highest BCUT2D eigenvalue weighted by atomic mass is 35.5. The third-order valence-corrected chi connectivity index (χ3v) is 5.16. The van der Waals surface area contributed by atoms with E-state index in [0.29, 0.717) is 42.2 Å². The molecule has 2 aromatic rings. The van der Waals surface area contributed by atoms with Gasteiger partial charge in [-0.25, -0.2) is 0 Å². The zero-order valence-electron chi connectivity index (χ0n) is 15.7. The van der Waals surface area contributed by atoms with Gasteiger partial charge >= 0.3 is 0 Å². The Hall–Kier alpha value is -2.24. The lowest BCUT2D eigenvalue weighted by atomic mass is 10.1. The molecule has 7 heteroatoms. The molecule has 0 saturated carbocycles. The number of para-hydroxylation sites is 1. The Kier molecular flexibility index (Phi) is 6.81. The number of amides is 2. The van der Waals surface area contributed by atoms with Crippen LogP contribution >= 0.6 is 23.2 Å². The molecule has 1 atom stereocenters. The zero-order chi connectivity index (χ0) is 20.1. The van der Waals surface area contributed by atoms with Gasteiger partial charge in [0.2, 0.25) is 5.91 Å². The first kappa shape index (κ1) is 20.5. The van der Waals surface area contributed by atoms with E-state index in [2.05, 4.69) is 10.6 Å². The smallest absolute Gasteiger partial charge is 0.256 e. The molecule has 1 aliphatic heterocycles. The Bertz CT molecular complexity index is 858. The summed E-state index contributed by atoms with van der Waals surface area (Å²) in [6, 6.07) is 13.2. The molecule has 1 unspecified atom stereocenters. The fourth-order valence-corrected chi connectivity index (χ4v) is 3.84. The summed E-state index contributed by atoms with van der Waals surface area (Å²) in [5, 5.41) is 6.84. The average Bonchev–Trinajstić information content (AvgIpc) is 3.12. The van der Waals surface area contributed by atoms with Gasteiger partial charge in [-0.1, -0.05) is 48.3 Å². The van der Waals surface area contributed by atoms with Crippen molar-refractivity contribution in [3.8, 4) is 0 Å². The second kappa shape index (κ2) is 9.30. The second-order valence-corrected chi connectivity index (χ2v) is 7.70. The molecule has 28 heavy (non-hydrogen) atoms. The number of rotatable bonds is 6. The van der Waals surface area contributed by atoms with Gasteiger partial charge in [0.05, 0.1) is 16.3 Å². The van der Waals surface area contributed by atoms with E-state index in [1.54, 1.807) is 11.0 Å². The Morgan fingerprint density at radius 2 is 1.93 bits per heavy atom. The summed E-state index contributed by atoms with van der Waals surface area (Å²) >= 11 is 12.4. The summed E-state index contributed by atoms with van der Waals surface area (Å²) in [6.07, 6.45) is 1.91. The molecule has 0 aliphatic carbocycles. The van der Waals surface area contributed by atoms with Gasteiger partial charge < -0.3 is 15.5 Å². The van der Waals surface area contributed by atoms with Gasteiger partial charge in [-0.2, -0.15) is 0 Å². The van der Waals surface area contributed by atoms with Crippen LogP contribution < -0.4 is 10.6 Å². The quantitative estimate of drug-likeness (QED) is 0.687. The van der Waals surface area contributed by atoms with Gasteiger partial charge in [-0.15, -0.1) is 0 Å². The molecule has 148 valence electrons. The summed E-state index contributed by atoms with van der Waals surface area (Å²) in [7, 11) is 0. The number of hydrogen-bond donors (Lipinski definition) is 2. The molecule has 2 N–H and O–H groups in total. The van der Waals surface area contributed by atoms with Crippen LogP contribution in [0.5, 0.6) is 0 Å². The first-order valence-electron chi connectivity index (χ1n) is 9.37. The van der Waals surface area contributed by atoms with Crippen molar-refractivity contribution in [1.29, 1.82) is 0 Å². The van der Waals surface area contributed by atoms with Gasteiger partial charge in [0.25, 0.3) is 5.91 Å². The standard InChI is InChI=1S/C21H23Cl2N3O2/c1-2-6-19(27)25-20-17(11-14(22)12-18(20)23)21(28)26-10-9-16(13-26)24-15-7-4-3-5-8-15/h3-5,7-8,11-12,16,24H,2,6,9-10,13H2,1H3,(H,25,27). The van der Waals surface area contributed by atoms with Crippen LogP contribution in [-0.4, -0.2) is 35.8 Å². The topological polar surface area (TPSA) is 61.4 Å². The molecule has 0 aromatic heterocycles. The van der Waals surface area contributed by atoms with Crippen LogP contribution in [0.1, 0.15) is 36.5 Å². The van der Waals surface area contributed by atoms with E-state index in [-0.39, 0.29) is 22.9 Å². The fourth-order valence-electron chi connectivity index (χ4n) is 3.30. The summed E-state index contributed by atoms with van der Waals surface area (Å²) in [4.78, 5) is 27.0. The van der Waals surface area contributed by atoms with E-state index in [0.717, 1.165) is 12.1 Å². The van der Waals surface area contributed by atoms with E-state index in [9.17, 15) is 9.59 Å². The molecule has 1 heterocycles. The third kappa shape index (κ3) is 4.97. The van der Waals surface area contributed by atoms with E-state index in [4.69, 9.17) is 23.2 Å². The SMILES string of the molecule is CCCC(=O)Nc1c(Cl)cc(Cl)cc1C(=O)N1CCC(Nc2ccccc2)C1. The van der Waals surface area contributed by atoms with Gasteiger partial charge in [0.1, 0.15) is 0 Å². The number of carbonyl (C=O) groups is 2.